The normalized spacial score (nSPS) is 16.1. The van der Waals surface area contributed by atoms with Gasteiger partial charge in [0.15, 0.2) is 5.82 Å². The van der Waals surface area contributed by atoms with Crippen molar-refractivity contribution in [3.63, 3.8) is 0 Å². The number of urea groups is 1. The quantitative estimate of drug-likeness (QED) is 0.757. The molecule has 0 aliphatic carbocycles. The molecule has 1 aliphatic rings. The Balaban J connectivity index is 1.91. The molecule has 2 amide bonds. The fourth-order valence-electron chi connectivity index (χ4n) is 1.65. The summed E-state index contributed by atoms with van der Waals surface area (Å²) in [6.07, 6.45) is 8.08. The van der Waals surface area contributed by atoms with Gasteiger partial charge in [-0.2, -0.15) is 0 Å². The van der Waals surface area contributed by atoms with E-state index in [-0.39, 0.29) is 6.03 Å². The number of nitrogens with one attached hydrogen (secondary N) is 1. The zero-order chi connectivity index (χ0) is 10.5. The topological polar surface area (TPSA) is 58.1 Å². The standard InChI is InChI=1S/C10H14N4O/c15-10(14-6-2-1-3-7-14)13-9-8-11-4-5-12-9/h4-5,8H,1-3,6-7H2,(H,12,13,15). The van der Waals surface area contributed by atoms with E-state index in [2.05, 4.69) is 15.3 Å². The number of hydrogen-bond acceptors (Lipinski definition) is 3. The van der Waals surface area contributed by atoms with E-state index < -0.39 is 0 Å². The first-order valence-electron chi connectivity index (χ1n) is 5.18. The van der Waals surface area contributed by atoms with Crippen LogP contribution in [0.2, 0.25) is 0 Å². The molecule has 1 fully saturated rings. The monoisotopic (exact) mass is 206 g/mol. The summed E-state index contributed by atoms with van der Waals surface area (Å²) in [6, 6.07) is -0.0739. The Hall–Kier alpha value is -1.65. The van der Waals surface area contributed by atoms with Crippen LogP contribution in [0, 0.1) is 0 Å². The molecule has 5 heteroatoms. The smallest absolute Gasteiger partial charge is 0.323 e. The van der Waals surface area contributed by atoms with Crippen LogP contribution in [0.3, 0.4) is 0 Å². The molecule has 1 N–H and O–H groups in total. The summed E-state index contributed by atoms with van der Waals surface area (Å²) < 4.78 is 0. The Morgan fingerprint density at radius 1 is 1.27 bits per heavy atom. The van der Waals surface area contributed by atoms with E-state index in [4.69, 9.17) is 0 Å². The third-order valence-corrected chi connectivity index (χ3v) is 2.44. The van der Waals surface area contributed by atoms with E-state index >= 15 is 0 Å². The molecule has 5 nitrogen and oxygen atoms in total. The maximum Gasteiger partial charge on any atom is 0.323 e. The number of rotatable bonds is 1. The second-order valence-electron chi connectivity index (χ2n) is 3.57. The van der Waals surface area contributed by atoms with Crippen LogP contribution >= 0.6 is 0 Å². The zero-order valence-corrected chi connectivity index (χ0v) is 8.52. The van der Waals surface area contributed by atoms with Gasteiger partial charge in [0.2, 0.25) is 0 Å². The summed E-state index contributed by atoms with van der Waals surface area (Å²) >= 11 is 0. The minimum atomic E-state index is -0.0739. The zero-order valence-electron chi connectivity index (χ0n) is 8.52. The van der Waals surface area contributed by atoms with Crippen molar-refractivity contribution in [1.29, 1.82) is 0 Å². The molecule has 0 unspecified atom stereocenters. The van der Waals surface area contributed by atoms with Gasteiger partial charge in [0.1, 0.15) is 0 Å². The van der Waals surface area contributed by atoms with Crippen LogP contribution in [0.15, 0.2) is 18.6 Å². The molecule has 2 heterocycles. The number of piperidine rings is 1. The van der Waals surface area contributed by atoms with Crippen molar-refractivity contribution < 1.29 is 4.79 Å². The molecule has 15 heavy (non-hydrogen) atoms. The molecular weight excluding hydrogens is 192 g/mol. The van der Waals surface area contributed by atoms with Crippen molar-refractivity contribution in [2.24, 2.45) is 0 Å². The lowest BCUT2D eigenvalue weighted by atomic mass is 10.1. The maximum atomic E-state index is 11.7. The molecule has 1 aliphatic heterocycles. The van der Waals surface area contributed by atoms with Crippen LogP contribution in [-0.4, -0.2) is 34.0 Å². The van der Waals surface area contributed by atoms with Gasteiger partial charge >= 0.3 is 6.03 Å². The van der Waals surface area contributed by atoms with Crippen molar-refractivity contribution in [3.05, 3.63) is 18.6 Å². The number of nitrogens with zero attached hydrogens (tertiary/aromatic N) is 3. The Bertz CT molecular complexity index is 321. The highest BCUT2D eigenvalue weighted by molar-refractivity contribution is 5.88. The molecule has 0 atom stereocenters. The summed E-state index contributed by atoms with van der Waals surface area (Å²) in [5.74, 6) is 0.507. The molecule has 80 valence electrons. The van der Waals surface area contributed by atoms with Gasteiger partial charge in [0, 0.05) is 25.5 Å². The van der Waals surface area contributed by atoms with Crippen LogP contribution < -0.4 is 5.32 Å². The number of carbonyl (C=O) groups is 1. The SMILES string of the molecule is O=C(Nc1cnccn1)N1CCCCC1. The Morgan fingerprint density at radius 2 is 2.07 bits per heavy atom. The molecule has 0 spiro atoms. The lowest BCUT2D eigenvalue weighted by Gasteiger charge is -2.26. The minimum Gasteiger partial charge on any atom is -0.325 e. The summed E-state index contributed by atoms with van der Waals surface area (Å²) in [5, 5.41) is 2.72. The van der Waals surface area contributed by atoms with Crippen LogP contribution in [-0.2, 0) is 0 Å². The lowest BCUT2D eigenvalue weighted by molar-refractivity contribution is 0.200. The highest BCUT2D eigenvalue weighted by atomic mass is 16.2. The molecule has 2 rings (SSSR count). The van der Waals surface area contributed by atoms with Crippen LogP contribution in [0.4, 0.5) is 10.6 Å². The summed E-state index contributed by atoms with van der Waals surface area (Å²) in [6.45, 7) is 1.68. The van der Waals surface area contributed by atoms with Crippen molar-refractivity contribution in [2.75, 3.05) is 18.4 Å². The highest BCUT2D eigenvalue weighted by Gasteiger charge is 2.16. The van der Waals surface area contributed by atoms with Crippen molar-refractivity contribution >= 4 is 11.8 Å². The molecule has 0 radical (unpaired) electrons. The van der Waals surface area contributed by atoms with Gasteiger partial charge in [-0.25, -0.2) is 9.78 Å². The van der Waals surface area contributed by atoms with E-state index in [9.17, 15) is 4.79 Å². The molecule has 0 saturated carbocycles. The van der Waals surface area contributed by atoms with Gasteiger partial charge < -0.3 is 4.90 Å². The predicted molar refractivity (Wildman–Crippen MR) is 56.5 cm³/mol. The highest BCUT2D eigenvalue weighted by Crippen LogP contribution is 2.10. The first-order chi connectivity index (χ1) is 7.36. The van der Waals surface area contributed by atoms with Gasteiger partial charge in [-0.1, -0.05) is 0 Å². The number of amides is 2. The van der Waals surface area contributed by atoms with Crippen molar-refractivity contribution in [2.45, 2.75) is 19.3 Å². The second-order valence-corrected chi connectivity index (χ2v) is 3.57. The Kier molecular flexibility index (Phi) is 3.11. The van der Waals surface area contributed by atoms with Crippen molar-refractivity contribution in [3.8, 4) is 0 Å². The predicted octanol–water partition coefficient (Wildman–Crippen LogP) is 1.49. The minimum absolute atomic E-state index is 0.0739. The van der Waals surface area contributed by atoms with Crippen molar-refractivity contribution in [1.82, 2.24) is 14.9 Å². The molecular formula is C10H14N4O. The number of hydrogen-bond donors (Lipinski definition) is 1. The van der Waals surface area contributed by atoms with Gasteiger partial charge in [0.25, 0.3) is 0 Å². The molecule has 0 bridgehead atoms. The van der Waals surface area contributed by atoms with Crippen LogP contribution in [0.5, 0.6) is 0 Å². The first-order valence-corrected chi connectivity index (χ1v) is 5.18. The van der Waals surface area contributed by atoms with E-state index in [0.29, 0.717) is 5.82 Å². The third-order valence-electron chi connectivity index (χ3n) is 2.44. The lowest BCUT2D eigenvalue weighted by Crippen LogP contribution is -2.38. The molecule has 1 aromatic heterocycles. The van der Waals surface area contributed by atoms with Gasteiger partial charge in [-0.05, 0) is 19.3 Å². The van der Waals surface area contributed by atoms with Gasteiger partial charge in [-0.3, -0.25) is 10.3 Å². The largest absolute Gasteiger partial charge is 0.325 e. The molecule has 1 saturated heterocycles. The summed E-state index contributed by atoms with van der Waals surface area (Å²) in [7, 11) is 0. The maximum absolute atomic E-state index is 11.7. The number of aromatic nitrogens is 2. The number of carbonyl (C=O) groups excluding carboxylic acids is 1. The number of anilines is 1. The average molecular weight is 206 g/mol. The first kappa shape index (κ1) is 9.89. The Labute approximate surface area is 88.5 Å². The second kappa shape index (κ2) is 4.72. The molecule has 1 aromatic rings. The fraction of sp³-hybridized carbons (Fsp3) is 0.500. The Morgan fingerprint density at radius 3 is 2.73 bits per heavy atom. The summed E-state index contributed by atoms with van der Waals surface area (Å²) in [5.41, 5.74) is 0. The van der Waals surface area contributed by atoms with E-state index in [1.807, 2.05) is 4.90 Å². The van der Waals surface area contributed by atoms with Gasteiger partial charge in [0.05, 0.1) is 6.20 Å². The average Bonchev–Trinajstić information content (AvgIpc) is 2.31. The number of likely N-dealkylation sites (tertiary alicyclic amines) is 1. The summed E-state index contributed by atoms with van der Waals surface area (Å²) in [4.78, 5) is 21.4. The van der Waals surface area contributed by atoms with Crippen LogP contribution in [0.25, 0.3) is 0 Å². The third kappa shape index (κ3) is 2.65. The van der Waals surface area contributed by atoms with E-state index in [1.54, 1.807) is 18.6 Å². The van der Waals surface area contributed by atoms with Gasteiger partial charge in [-0.15, -0.1) is 0 Å². The van der Waals surface area contributed by atoms with E-state index in [1.165, 1.54) is 6.42 Å². The fourth-order valence-corrected chi connectivity index (χ4v) is 1.65. The van der Waals surface area contributed by atoms with E-state index in [0.717, 1.165) is 25.9 Å². The molecule has 0 aromatic carbocycles. The van der Waals surface area contributed by atoms with Crippen LogP contribution in [0.1, 0.15) is 19.3 Å².